The summed E-state index contributed by atoms with van der Waals surface area (Å²) in [5.41, 5.74) is 0.809. The normalized spacial score (nSPS) is 18.7. The van der Waals surface area contributed by atoms with E-state index in [1.165, 1.54) is 22.7 Å². The number of nitrogens with zero attached hydrogens (tertiary/aromatic N) is 7. The number of aromatic nitrogens is 3. The molecule has 1 saturated heterocycles. The van der Waals surface area contributed by atoms with E-state index in [-0.39, 0.29) is 5.82 Å². The highest BCUT2D eigenvalue weighted by molar-refractivity contribution is 8.00. The quantitative estimate of drug-likeness (QED) is 0.478. The molecule has 2 aromatic rings. The third kappa shape index (κ3) is 2.97. The van der Waals surface area contributed by atoms with Crippen molar-refractivity contribution in [1.82, 2.24) is 29.5 Å². The van der Waals surface area contributed by atoms with Crippen molar-refractivity contribution in [1.29, 1.82) is 0 Å². The van der Waals surface area contributed by atoms with Crippen molar-refractivity contribution >= 4 is 39.9 Å². The molecule has 4 rings (SSSR count). The van der Waals surface area contributed by atoms with Crippen molar-refractivity contribution in [2.45, 2.75) is 0 Å². The Morgan fingerprint density at radius 3 is 2.72 bits per heavy atom. The van der Waals surface area contributed by atoms with Gasteiger partial charge in [0, 0.05) is 43.2 Å². The van der Waals surface area contributed by atoms with Crippen LogP contribution in [0.25, 0.3) is 5.70 Å². The summed E-state index contributed by atoms with van der Waals surface area (Å²) in [6, 6.07) is 0. The Morgan fingerprint density at radius 2 is 2.08 bits per heavy atom. The molecule has 0 bridgehead atoms. The molecule has 0 aromatic carbocycles. The number of hydrogen-bond donors (Lipinski definition) is 1. The molecule has 10 nitrogen and oxygen atoms in total. The lowest BCUT2D eigenvalue weighted by Crippen LogP contribution is -2.55. The first-order valence-electron chi connectivity index (χ1n) is 7.62. The van der Waals surface area contributed by atoms with E-state index in [1.807, 2.05) is 22.1 Å². The van der Waals surface area contributed by atoms with Gasteiger partial charge in [0.05, 0.1) is 7.05 Å². The number of hydrogen-bond acceptors (Lipinski definition) is 10. The predicted molar refractivity (Wildman–Crippen MR) is 96.3 cm³/mol. The van der Waals surface area contributed by atoms with Crippen LogP contribution in [0.5, 0.6) is 0 Å². The number of imidazole rings is 1. The minimum atomic E-state index is -0.427. The molecule has 0 amide bonds. The van der Waals surface area contributed by atoms with Gasteiger partial charge in [-0.15, -0.1) is 11.3 Å². The van der Waals surface area contributed by atoms with Crippen LogP contribution in [0.4, 0.5) is 10.9 Å². The average molecular weight is 380 g/mol. The molecule has 0 saturated carbocycles. The Balaban J connectivity index is 1.48. The second kappa shape index (κ2) is 6.63. The fraction of sp³-hybridized carbons (Fsp3) is 0.385. The summed E-state index contributed by atoms with van der Waals surface area (Å²) in [5, 5.41) is 20.1. The topological polar surface area (TPSA) is 95.6 Å². The van der Waals surface area contributed by atoms with Crippen LogP contribution in [-0.2, 0) is 7.05 Å². The molecule has 0 aliphatic carbocycles. The van der Waals surface area contributed by atoms with E-state index in [4.69, 9.17) is 0 Å². The zero-order valence-corrected chi connectivity index (χ0v) is 15.0. The Morgan fingerprint density at radius 1 is 1.28 bits per heavy atom. The molecule has 4 heterocycles. The second-order valence-corrected chi connectivity index (χ2v) is 7.06. The van der Waals surface area contributed by atoms with Gasteiger partial charge in [-0.1, -0.05) is 0 Å². The summed E-state index contributed by atoms with van der Waals surface area (Å²) >= 11 is 3.07. The van der Waals surface area contributed by atoms with Gasteiger partial charge >= 0.3 is 5.82 Å². The molecule has 132 valence electrons. The Bertz CT molecular complexity index is 797. The van der Waals surface area contributed by atoms with E-state index >= 15 is 0 Å². The molecule has 0 spiro atoms. The second-order valence-electron chi connectivity index (χ2n) is 5.54. The standard InChI is InChI=1S/C13H16N8O2S2/c1-17-11(21(22)23)8-15-12(17)10-9-25-16-20(10)19-5-3-18(4-6-19)13-14-2-7-24-13/h2,7-9,16H,3-6H2,1H3. The number of rotatable bonds is 4. The van der Waals surface area contributed by atoms with Crippen molar-refractivity contribution < 1.29 is 4.92 Å². The van der Waals surface area contributed by atoms with E-state index in [0.29, 0.717) is 5.82 Å². The van der Waals surface area contributed by atoms with Crippen LogP contribution in [-0.4, -0.2) is 55.8 Å². The van der Waals surface area contributed by atoms with Gasteiger partial charge in [0.2, 0.25) is 5.82 Å². The molecule has 12 heteroatoms. The maximum atomic E-state index is 11.1. The highest BCUT2D eigenvalue weighted by Gasteiger charge is 2.32. The van der Waals surface area contributed by atoms with E-state index < -0.39 is 4.92 Å². The van der Waals surface area contributed by atoms with Crippen LogP contribution in [0.3, 0.4) is 0 Å². The number of nitrogens with one attached hydrogen (secondary N) is 1. The number of thiazole rings is 1. The van der Waals surface area contributed by atoms with Crippen LogP contribution < -0.4 is 9.73 Å². The first-order valence-corrected chi connectivity index (χ1v) is 9.38. The number of nitro groups is 1. The molecule has 0 radical (unpaired) electrons. The Kier molecular flexibility index (Phi) is 4.33. The van der Waals surface area contributed by atoms with Gasteiger partial charge in [-0.3, -0.25) is 0 Å². The third-order valence-electron chi connectivity index (χ3n) is 4.15. The summed E-state index contributed by atoms with van der Waals surface area (Å²) in [6.07, 6.45) is 3.11. The molecular formula is C13H16N8O2S2. The lowest BCUT2D eigenvalue weighted by atomic mass is 10.3. The van der Waals surface area contributed by atoms with Crippen LogP contribution in [0.2, 0.25) is 0 Å². The summed E-state index contributed by atoms with van der Waals surface area (Å²) in [6.45, 7) is 3.36. The Hall–Kier alpha value is -2.15. The summed E-state index contributed by atoms with van der Waals surface area (Å²) in [7, 11) is 1.66. The van der Waals surface area contributed by atoms with Crippen LogP contribution >= 0.6 is 23.3 Å². The minimum absolute atomic E-state index is 0.0265. The lowest BCUT2D eigenvalue weighted by Gasteiger charge is -2.39. The Labute approximate surface area is 152 Å². The van der Waals surface area contributed by atoms with Crippen LogP contribution in [0.1, 0.15) is 5.82 Å². The monoisotopic (exact) mass is 380 g/mol. The van der Waals surface area contributed by atoms with E-state index in [1.54, 1.807) is 18.4 Å². The van der Waals surface area contributed by atoms with E-state index in [0.717, 1.165) is 37.0 Å². The van der Waals surface area contributed by atoms with Gasteiger partial charge in [-0.05, 0) is 16.9 Å². The molecule has 0 atom stereocenters. The van der Waals surface area contributed by atoms with E-state index in [9.17, 15) is 10.1 Å². The van der Waals surface area contributed by atoms with Crippen LogP contribution in [0.15, 0.2) is 23.2 Å². The molecule has 2 aliphatic rings. The highest BCUT2D eigenvalue weighted by atomic mass is 32.2. The molecule has 25 heavy (non-hydrogen) atoms. The van der Waals surface area contributed by atoms with E-state index in [2.05, 4.69) is 24.7 Å². The number of hydrazine groups is 2. The fourth-order valence-corrected chi connectivity index (χ4v) is 4.24. The van der Waals surface area contributed by atoms with Gasteiger partial charge < -0.3 is 15.0 Å². The van der Waals surface area contributed by atoms with Crippen molar-refractivity contribution in [3.8, 4) is 0 Å². The molecule has 0 unspecified atom stereocenters. The van der Waals surface area contributed by atoms with Crippen molar-refractivity contribution in [2.24, 2.45) is 7.05 Å². The van der Waals surface area contributed by atoms with Crippen molar-refractivity contribution in [3.05, 3.63) is 39.1 Å². The number of piperazine rings is 1. The lowest BCUT2D eigenvalue weighted by molar-refractivity contribution is -0.391. The zero-order chi connectivity index (χ0) is 17.4. The van der Waals surface area contributed by atoms with Gasteiger partial charge in [0.15, 0.2) is 5.13 Å². The maximum Gasteiger partial charge on any atom is 0.342 e. The minimum Gasteiger partial charge on any atom is -0.358 e. The smallest absolute Gasteiger partial charge is 0.342 e. The molecule has 2 aromatic heterocycles. The molecule has 1 fully saturated rings. The summed E-state index contributed by atoms with van der Waals surface area (Å²) < 4.78 is 1.50. The first-order chi connectivity index (χ1) is 12.1. The van der Waals surface area contributed by atoms with Gasteiger partial charge in [-0.2, -0.15) is 4.83 Å². The van der Waals surface area contributed by atoms with Crippen molar-refractivity contribution in [2.75, 3.05) is 31.1 Å². The average Bonchev–Trinajstić information content (AvgIpc) is 3.35. The molecule has 1 N–H and O–H groups in total. The summed E-state index contributed by atoms with van der Waals surface area (Å²) in [5.74, 6) is 0.535. The van der Waals surface area contributed by atoms with Crippen molar-refractivity contribution in [3.63, 3.8) is 0 Å². The first kappa shape index (κ1) is 16.3. The summed E-state index contributed by atoms with van der Waals surface area (Å²) in [4.78, 5) is 24.7. The predicted octanol–water partition coefficient (Wildman–Crippen LogP) is 1.29. The largest absolute Gasteiger partial charge is 0.358 e. The third-order valence-corrected chi connectivity index (χ3v) is 5.60. The maximum absolute atomic E-state index is 11.1. The molecule has 2 aliphatic heterocycles. The number of anilines is 1. The molecular weight excluding hydrogens is 364 g/mol. The van der Waals surface area contributed by atoms with Crippen LogP contribution in [0, 0.1) is 10.1 Å². The van der Waals surface area contributed by atoms with Gasteiger partial charge in [0.25, 0.3) is 0 Å². The SMILES string of the molecule is Cn1c([N+](=O)[O-])cnc1C1=CSNN1N1CCN(c2nccs2)CC1. The fourth-order valence-electron chi connectivity index (χ4n) is 2.86. The van der Waals surface area contributed by atoms with Gasteiger partial charge in [-0.25, -0.2) is 24.7 Å². The highest BCUT2D eigenvalue weighted by Crippen LogP contribution is 2.30. The van der Waals surface area contributed by atoms with Gasteiger partial charge in [0.1, 0.15) is 11.9 Å². The zero-order valence-electron chi connectivity index (χ0n) is 13.4.